The molecule has 4 heteroatoms. The van der Waals surface area contributed by atoms with Crippen LogP contribution in [0.2, 0.25) is 0 Å². The second kappa shape index (κ2) is 7.59. The molecule has 2 rings (SSSR count). The second-order valence-corrected chi connectivity index (χ2v) is 7.19. The molecule has 2 N–H and O–H groups in total. The zero-order valence-electron chi connectivity index (χ0n) is 13.9. The van der Waals surface area contributed by atoms with Crippen LogP contribution < -0.4 is 5.73 Å². The summed E-state index contributed by atoms with van der Waals surface area (Å²) < 4.78 is 6.25. The molecule has 1 aliphatic carbocycles. The van der Waals surface area contributed by atoms with E-state index >= 15 is 0 Å². The van der Waals surface area contributed by atoms with Crippen LogP contribution >= 0.6 is 0 Å². The quantitative estimate of drug-likeness (QED) is 0.867. The van der Waals surface area contributed by atoms with E-state index in [1.54, 1.807) is 0 Å². The Labute approximate surface area is 129 Å². The smallest absolute Gasteiger partial charge is 0.226 e. The van der Waals surface area contributed by atoms with E-state index in [2.05, 4.69) is 6.92 Å². The van der Waals surface area contributed by atoms with Crippen LogP contribution in [0.5, 0.6) is 0 Å². The fraction of sp³-hybridized carbons (Fsp3) is 0.941. The van der Waals surface area contributed by atoms with Gasteiger partial charge >= 0.3 is 0 Å². The summed E-state index contributed by atoms with van der Waals surface area (Å²) in [7, 11) is 0. The van der Waals surface area contributed by atoms with Gasteiger partial charge in [0.05, 0.1) is 18.1 Å². The van der Waals surface area contributed by atoms with E-state index in [0.717, 1.165) is 31.8 Å². The Hall–Kier alpha value is -0.610. The van der Waals surface area contributed by atoms with Gasteiger partial charge in [0.15, 0.2) is 0 Å². The lowest BCUT2D eigenvalue weighted by Gasteiger charge is -2.37. The molecule has 2 aliphatic rings. The van der Waals surface area contributed by atoms with E-state index in [9.17, 15) is 4.79 Å². The third kappa shape index (κ3) is 4.68. The van der Waals surface area contributed by atoms with Gasteiger partial charge in [0.25, 0.3) is 0 Å². The molecule has 1 heterocycles. The maximum absolute atomic E-state index is 12.3. The number of rotatable bonds is 4. The topological polar surface area (TPSA) is 55.6 Å². The summed E-state index contributed by atoms with van der Waals surface area (Å²) in [6.45, 7) is 7.81. The lowest BCUT2D eigenvalue weighted by atomic mass is 9.88. The van der Waals surface area contributed by atoms with Gasteiger partial charge in [-0.15, -0.1) is 0 Å². The average molecular weight is 296 g/mol. The molecule has 0 aromatic rings. The minimum atomic E-state index is -0.0812. The van der Waals surface area contributed by atoms with Crippen LogP contribution in [-0.4, -0.2) is 42.1 Å². The van der Waals surface area contributed by atoms with Crippen molar-refractivity contribution in [1.82, 2.24) is 4.90 Å². The Bertz CT molecular complexity index is 330. The van der Waals surface area contributed by atoms with Crippen LogP contribution in [0.15, 0.2) is 0 Å². The average Bonchev–Trinajstić information content (AvgIpc) is 2.49. The van der Waals surface area contributed by atoms with Crippen molar-refractivity contribution >= 4 is 5.91 Å². The van der Waals surface area contributed by atoms with Crippen molar-refractivity contribution in [2.45, 2.75) is 77.5 Å². The Morgan fingerprint density at radius 3 is 2.10 bits per heavy atom. The standard InChI is InChI=1S/C17H32N2O2/c1-12-4-6-15(7-5-12)21-16-8-10-19(11-9-16)17(20)13(2)14(3)18/h12-16H,4-11,18H2,1-3H3. The summed E-state index contributed by atoms with van der Waals surface area (Å²) in [6.07, 6.45) is 7.77. The molecule has 1 saturated heterocycles. The molecule has 1 aliphatic heterocycles. The number of hydrogen-bond donors (Lipinski definition) is 1. The van der Waals surface area contributed by atoms with E-state index < -0.39 is 0 Å². The number of nitrogens with zero attached hydrogens (tertiary/aromatic N) is 1. The minimum Gasteiger partial charge on any atom is -0.375 e. The fourth-order valence-electron chi connectivity index (χ4n) is 3.36. The predicted molar refractivity (Wildman–Crippen MR) is 84.9 cm³/mol. The van der Waals surface area contributed by atoms with Crippen molar-refractivity contribution in [1.29, 1.82) is 0 Å². The van der Waals surface area contributed by atoms with Gasteiger partial charge in [-0.2, -0.15) is 0 Å². The van der Waals surface area contributed by atoms with Crippen molar-refractivity contribution in [3.05, 3.63) is 0 Å². The maximum Gasteiger partial charge on any atom is 0.226 e. The first-order valence-corrected chi connectivity index (χ1v) is 8.67. The first-order valence-electron chi connectivity index (χ1n) is 8.67. The van der Waals surface area contributed by atoms with E-state index in [1.165, 1.54) is 25.7 Å². The van der Waals surface area contributed by atoms with E-state index in [-0.39, 0.29) is 17.9 Å². The molecule has 0 spiro atoms. The minimum absolute atomic E-state index is 0.0734. The molecule has 4 nitrogen and oxygen atoms in total. The number of piperidine rings is 1. The van der Waals surface area contributed by atoms with Gasteiger partial charge < -0.3 is 15.4 Å². The zero-order valence-corrected chi connectivity index (χ0v) is 13.9. The van der Waals surface area contributed by atoms with E-state index in [4.69, 9.17) is 10.5 Å². The number of hydrogen-bond acceptors (Lipinski definition) is 3. The number of nitrogens with two attached hydrogens (primary N) is 1. The van der Waals surface area contributed by atoms with Crippen LogP contribution in [-0.2, 0) is 9.53 Å². The summed E-state index contributed by atoms with van der Waals surface area (Å²) in [5.41, 5.74) is 5.83. The molecule has 0 bridgehead atoms. The molecule has 0 radical (unpaired) electrons. The van der Waals surface area contributed by atoms with Gasteiger partial charge in [-0.1, -0.05) is 13.8 Å². The Morgan fingerprint density at radius 2 is 1.57 bits per heavy atom. The predicted octanol–water partition coefficient (Wildman–Crippen LogP) is 2.56. The van der Waals surface area contributed by atoms with Crippen molar-refractivity contribution in [2.24, 2.45) is 17.6 Å². The number of amides is 1. The highest BCUT2D eigenvalue weighted by Crippen LogP contribution is 2.28. The SMILES string of the molecule is CC1CCC(OC2CCN(C(=O)C(C)C(C)N)CC2)CC1. The molecule has 21 heavy (non-hydrogen) atoms. The van der Waals surface area contributed by atoms with E-state index in [1.807, 2.05) is 18.7 Å². The molecule has 1 amide bonds. The van der Waals surface area contributed by atoms with Gasteiger partial charge in [-0.3, -0.25) is 4.79 Å². The van der Waals surface area contributed by atoms with Gasteiger partial charge in [-0.25, -0.2) is 0 Å². The Morgan fingerprint density at radius 1 is 1.05 bits per heavy atom. The Balaban J connectivity index is 1.72. The monoisotopic (exact) mass is 296 g/mol. The van der Waals surface area contributed by atoms with Crippen LogP contribution in [0, 0.1) is 11.8 Å². The Kier molecular flexibility index (Phi) is 6.06. The summed E-state index contributed by atoms with van der Waals surface area (Å²) in [6, 6.07) is -0.0734. The summed E-state index contributed by atoms with van der Waals surface area (Å²) in [5, 5.41) is 0. The molecule has 1 saturated carbocycles. The number of carbonyl (C=O) groups is 1. The number of carbonyl (C=O) groups excluding carboxylic acids is 1. The van der Waals surface area contributed by atoms with Crippen LogP contribution in [0.3, 0.4) is 0 Å². The van der Waals surface area contributed by atoms with Gasteiger partial charge in [0.2, 0.25) is 5.91 Å². The number of ether oxygens (including phenoxy) is 1. The lowest BCUT2D eigenvalue weighted by molar-refractivity contribution is -0.139. The molecule has 0 aromatic heterocycles. The first-order chi connectivity index (χ1) is 9.97. The van der Waals surface area contributed by atoms with E-state index in [0.29, 0.717) is 12.2 Å². The molecular weight excluding hydrogens is 264 g/mol. The third-order valence-electron chi connectivity index (χ3n) is 5.28. The largest absolute Gasteiger partial charge is 0.375 e. The van der Waals surface area contributed by atoms with Crippen LogP contribution in [0.4, 0.5) is 0 Å². The van der Waals surface area contributed by atoms with Crippen molar-refractivity contribution in [3.63, 3.8) is 0 Å². The molecular formula is C17H32N2O2. The van der Waals surface area contributed by atoms with Gasteiger partial charge in [0, 0.05) is 19.1 Å². The molecule has 122 valence electrons. The fourth-order valence-corrected chi connectivity index (χ4v) is 3.36. The zero-order chi connectivity index (χ0) is 15.4. The van der Waals surface area contributed by atoms with Crippen molar-refractivity contribution in [2.75, 3.05) is 13.1 Å². The summed E-state index contributed by atoms with van der Waals surface area (Å²) in [5.74, 6) is 0.987. The summed E-state index contributed by atoms with van der Waals surface area (Å²) in [4.78, 5) is 14.2. The van der Waals surface area contributed by atoms with Crippen LogP contribution in [0.1, 0.15) is 59.3 Å². The third-order valence-corrected chi connectivity index (χ3v) is 5.28. The van der Waals surface area contributed by atoms with Crippen molar-refractivity contribution in [3.8, 4) is 0 Å². The summed E-state index contributed by atoms with van der Waals surface area (Å²) >= 11 is 0. The normalized spacial score (nSPS) is 31.0. The lowest BCUT2D eigenvalue weighted by Crippen LogP contribution is -2.47. The highest BCUT2D eigenvalue weighted by atomic mass is 16.5. The number of likely N-dealkylation sites (tertiary alicyclic amines) is 1. The molecule has 2 atom stereocenters. The van der Waals surface area contributed by atoms with Crippen LogP contribution in [0.25, 0.3) is 0 Å². The highest BCUT2D eigenvalue weighted by molar-refractivity contribution is 5.79. The van der Waals surface area contributed by atoms with Gasteiger partial charge in [-0.05, 0) is 51.4 Å². The molecule has 2 fully saturated rings. The maximum atomic E-state index is 12.3. The van der Waals surface area contributed by atoms with Crippen molar-refractivity contribution < 1.29 is 9.53 Å². The van der Waals surface area contributed by atoms with Gasteiger partial charge in [0.1, 0.15) is 0 Å². The second-order valence-electron chi connectivity index (χ2n) is 7.19. The first kappa shape index (κ1) is 16.8. The molecule has 0 aromatic carbocycles. The molecule has 2 unspecified atom stereocenters. The highest BCUT2D eigenvalue weighted by Gasteiger charge is 2.29.